The summed E-state index contributed by atoms with van der Waals surface area (Å²) in [5, 5.41) is 18.6. The molecule has 0 aromatic carbocycles. The molecule has 15 heavy (non-hydrogen) atoms. The molecule has 0 saturated heterocycles. The predicted octanol–water partition coefficient (Wildman–Crippen LogP) is 0.785. The lowest BCUT2D eigenvalue weighted by atomic mass is 10.3. The standard InChI is InChI=1S/C10H13N3O2/c14-7-10-2-1-9(15-10)6-11-3-8-4-12-13-5-8/h1-2,4-5,11,14H,3,6-7H2,(H,12,13). The van der Waals surface area contributed by atoms with E-state index >= 15 is 0 Å². The van der Waals surface area contributed by atoms with Crippen LogP contribution in [0.15, 0.2) is 28.9 Å². The largest absolute Gasteiger partial charge is 0.462 e. The molecular weight excluding hydrogens is 194 g/mol. The van der Waals surface area contributed by atoms with Crippen LogP contribution in [-0.4, -0.2) is 15.3 Å². The smallest absolute Gasteiger partial charge is 0.129 e. The second-order valence-electron chi connectivity index (χ2n) is 3.24. The quantitative estimate of drug-likeness (QED) is 0.677. The number of nitrogens with one attached hydrogen (secondary N) is 2. The number of rotatable bonds is 5. The van der Waals surface area contributed by atoms with Crippen LogP contribution in [-0.2, 0) is 19.7 Å². The summed E-state index contributed by atoms with van der Waals surface area (Å²) >= 11 is 0. The van der Waals surface area contributed by atoms with E-state index in [1.54, 1.807) is 12.3 Å². The van der Waals surface area contributed by atoms with Gasteiger partial charge < -0.3 is 14.8 Å². The number of H-pyrrole nitrogens is 1. The van der Waals surface area contributed by atoms with Gasteiger partial charge in [0.05, 0.1) is 12.7 Å². The maximum Gasteiger partial charge on any atom is 0.129 e. The lowest BCUT2D eigenvalue weighted by Gasteiger charge is -1.99. The van der Waals surface area contributed by atoms with E-state index in [0.29, 0.717) is 12.3 Å². The molecule has 80 valence electrons. The number of hydrogen-bond donors (Lipinski definition) is 3. The average Bonchev–Trinajstić information content (AvgIpc) is 2.88. The topological polar surface area (TPSA) is 74.1 Å². The Morgan fingerprint density at radius 3 is 2.87 bits per heavy atom. The normalized spacial score (nSPS) is 10.7. The van der Waals surface area contributed by atoms with Gasteiger partial charge in [-0.1, -0.05) is 0 Å². The molecular formula is C10H13N3O2. The van der Waals surface area contributed by atoms with Crippen molar-refractivity contribution in [3.63, 3.8) is 0 Å². The number of aliphatic hydroxyl groups is 1. The zero-order chi connectivity index (χ0) is 10.5. The maximum atomic E-state index is 8.80. The Bertz CT molecular complexity index is 394. The lowest BCUT2D eigenvalue weighted by molar-refractivity contribution is 0.242. The first-order valence-electron chi connectivity index (χ1n) is 4.75. The Morgan fingerprint density at radius 2 is 2.20 bits per heavy atom. The zero-order valence-electron chi connectivity index (χ0n) is 8.23. The van der Waals surface area contributed by atoms with Crippen LogP contribution in [0.3, 0.4) is 0 Å². The van der Waals surface area contributed by atoms with E-state index < -0.39 is 0 Å². The summed E-state index contributed by atoms with van der Waals surface area (Å²) in [6.07, 6.45) is 3.61. The molecule has 0 bridgehead atoms. The third kappa shape index (κ3) is 2.68. The van der Waals surface area contributed by atoms with Crippen LogP contribution in [0.1, 0.15) is 17.1 Å². The fraction of sp³-hybridized carbons (Fsp3) is 0.300. The molecule has 0 fully saturated rings. The number of furan rings is 1. The molecule has 2 heterocycles. The Morgan fingerprint density at radius 1 is 1.33 bits per heavy atom. The monoisotopic (exact) mass is 207 g/mol. The van der Waals surface area contributed by atoms with E-state index in [2.05, 4.69) is 15.5 Å². The molecule has 0 saturated carbocycles. The van der Waals surface area contributed by atoms with E-state index in [1.807, 2.05) is 12.3 Å². The first-order chi connectivity index (χ1) is 7.38. The van der Waals surface area contributed by atoms with E-state index in [0.717, 1.165) is 17.9 Å². The van der Waals surface area contributed by atoms with Gasteiger partial charge in [-0.25, -0.2) is 0 Å². The first-order valence-corrected chi connectivity index (χ1v) is 4.75. The van der Waals surface area contributed by atoms with Gasteiger partial charge in [-0.2, -0.15) is 5.10 Å². The van der Waals surface area contributed by atoms with Gasteiger partial charge in [-0.05, 0) is 12.1 Å². The predicted molar refractivity (Wildman–Crippen MR) is 53.8 cm³/mol. The number of nitrogens with zero attached hydrogens (tertiary/aromatic N) is 1. The summed E-state index contributed by atoms with van der Waals surface area (Å²) in [7, 11) is 0. The Hall–Kier alpha value is -1.59. The number of aliphatic hydroxyl groups excluding tert-OH is 1. The van der Waals surface area contributed by atoms with Crippen LogP contribution in [0.2, 0.25) is 0 Å². The van der Waals surface area contributed by atoms with Crippen LogP contribution in [0.25, 0.3) is 0 Å². The average molecular weight is 207 g/mol. The molecule has 0 radical (unpaired) electrons. The maximum absolute atomic E-state index is 8.80. The van der Waals surface area contributed by atoms with Crippen LogP contribution < -0.4 is 5.32 Å². The van der Waals surface area contributed by atoms with Crippen molar-refractivity contribution in [3.05, 3.63) is 41.6 Å². The SMILES string of the molecule is OCc1ccc(CNCc2cn[nH]c2)o1. The van der Waals surface area contributed by atoms with E-state index in [4.69, 9.17) is 9.52 Å². The van der Waals surface area contributed by atoms with Gasteiger partial charge in [0.15, 0.2) is 0 Å². The highest BCUT2D eigenvalue weighted by Crippen LogP contribution is 2.07. The summed E-state index contributed by atoms with van der Waals surface area (Å²) in [5.41, 5.74) is 1.10. The highest BCUT2D eigenvalue weighted by Gasteiger charge is 2.00. The minimum Gasteiger partial charge on any atom is -0.462 e. The second kappa shape index (κ2) is 4.77. The van der Waals surface area contributed by atoms with Crippen molar-refractivity contribution in [2.45, 2.75) is 19.7 Å². The summed E-state index contributed by atoms with van der Waals surface area (Å²) in [4.78, 5) is 0. The molecule has 0 unspecified atom stereocenters. The minimum atomic E-state index is -0.0538. The summed E-state index contributed by atoms with van der Waals surface area (Å²) in [6, 6.07) is 3.63. The van der Waals surface area contributed by atoms with Crippen molar-refractivity contribution >= 4 is 0 Å². The molecule has 5 heteroatoms. The minimum absolute atomic E-state index is 0.0538. The molecule has 2 rings (SSSR count). The van der Waals surface area contributed by atoms with Gasteiger partial charge >= 0.3 is 0 Å². The first kappa shape index (κ1) is 9.95. The highest BCUT2D eigenvalue weighted by atomic mass is 16.4. The molecule has 5 nitrogen and oxygen atoms in total. The van der Waals surface area contributed by atoms with Crippen LogP contribution in [0.4, 0.5) is 0 Å². The summed E-state index contributed by atoms with van der Waals surface area (Å²) in [6.45, 7) is 1.33. The van der Waals surface area contributed by atoms with Crippen LogP contribution >= 0.6 is 0 Å². The third-order valence-electron chi connectivity index (χ3n) is 2.06. The number of hydrogen-bond acceptors (Lipinski definition) is 4. The fourth-order valence-electron chi connectivity index (χ4n) is 1.31. The molecule has 0 atom stereocenters. The zero-order valence-corrected chi connectivity index (χ0v) is 8.23. The van der Waals surface area contributed by atoms with Gasteiger partial charge in [-0.3, -0.25) is 5.10 Å². The summed E-state index contributed by atoms with van der Waals surface area (Å²) in [5.74, 6) is 1.41. The van der Waals surface area contributed by atoms with Crippen molar-refractivity contribution in [2.75, 3.05) is 0 Å². The third-order valence-corrected chi connectivity index (χ3v) is 2.06. The van der Waals surface area contributed by atoms with E-state index in [9.17, 15) is 0 Å². The molecule has 0 aliphatic carbocycles. The van der Waals surface area contributed by atoms with Crippen LogP contribution in [0.5, 0.6) is 0 Å². The van der Waals surface area contributed by atoms with Gasteiger partial charge in [0, 0.05) is 18.3 Å². The van der Waals surface area contributed by atoms with Crippen molar-refractivity contribution in [1.82, 2.24) is 15.5 Å². The fourth-order valence-corrected chi connectivity index (χ4v) is 1.31. The highest BCUT2D eigenvalue weighted by molar-refractivity contribution is 5.07. The summed E-state index contributed by atoms with van der Waals surface area (Å²) < 4.78 is 5.32. The van der Waals surface area contributed by atoms with Gasteiger partial charge in [-0.15, -0.1) is 0 Å². The van der Waals surface area contributed by atoms with E-state index in [-0.39, 0.29) is 6.61 Å². The van der Waals surface area contributed by atoms with Gasteiger partial charge in [0.25, 0.3) is 0 Å². The van der Waals surface area contributed by atoms with Crippen molar-refractivity contribution in [1.29, 1.82) is 0 Å². The Kier molecular flexibility index (Phi) is 3.16. The van der Waals surface area contributed by atoms with Crippen molar-refractivity contribution < 1.29 is 9.52 Å². The molecule has 0 aliphatic rings. The number of aromatic amines is 1. The molecule has 3 N–H and O–H groups in total. The Labute approximate surface area is 87.1 Å². The molecule has 0 spiro atoms. The Balaban J connectivity index is 1.78. The molecule has 2 aromatic rings. The van der Waals surface area contributed by atoms with Crippen molar-refractivity contribution in [2.24, 2.45) is 0 Å². The van der Waals surface area contributed by atoms with Gasteiger partial charge in [0.1, 0.15) is 18.1 Å². The second-order valence-corrected chi connectivity index (χ2v) is 3.24. The van der Waals surface area contributed by atoms with E-state index in [1.165, 1.54) is 0 Å². The van der Waals surface area contributed by atoms with Crippen LogP contribution in [0, 0.1) is 0 Å². The molecule has 0 aliphatic heterocycles. The number of aromatic nitrogens is 2. The molecule has 0 amide bonds. The lowest BCUT2D eigenvalue weighted by Crippen LogP contribution is -2.11. The van der Waals surface area contributed by atoms with Crippen molar-refractivity contribution in [3.8, 4) is 0 Å². The molecule has 2 aromatic heterocycles. The van der Waals surface area contributed by atoms with Gasteiger partial charge in [0.2, 0.25) is 0 Å².